The van der Waals surface area contributed by atoms with Gasteiger partial charge < -0.3 is 4.90 Å². The lowest BCUT2D eigenvalue weighted by Gasteiger charge is -2.40. The first kappa shape index (κ1) is 22.7. The molecule has 170 valence electrons. The van der Waals surface area contributed by atoms with Crippen LogP contribution in [0.1, 0.15) is 37.5 Å². The molecular formula is C24H22FN3O4S. The lowest BCUT2D eigenvalue weighted by atomic mass is 9.88. The van der Waals surface area contributed by atoms with E-state index in [2.05, 4.69) is 6.08 Å². The highest BCUT2D eigenvalue weighted by Gasteiger charge is 2.36. The molecule has 2 aliphatic heterocycles. The molecule has 1 saturated heterocycles. The number of nitro benzene ring substituents is 1. The molecule has 0 radical (unpaired) electrons. The molecule has 0 aromatic heterocycles. The fourth-order valence-electron chi connectivity index (χ4n) is 3.98. The van der Waals surface area contributed by atoms with Crippen LogP contribution in [0.5, 0.6) is 0 Å². The Morgan fingerprint density at radius 2 is 1.85 bits per heavy atom. The largest absolute Gasteiger partial charge is 0.365 e. The molecule has 2 amide bonds. The van der Waals surface area contributed by atoms with E-state index in [0.717, 1.165) is 33.5 Å². The number of hydrogen-bond acceptors (Lipinski definition) is 6. The standard InChI is InChI=1S/C24H22FN3O4S/c1-14-12-24(2,3)26(4)20-11-19(25)16(9-18(14)20)10-21-22(29)27(23(30)33-21)13-15-5-7-17(8-6-15)28(31)32/h5-12H,13H2,1-4H3/b21-10+. The molecule has 0 N–H and O–H groups in total. The van der Waals surface area contributed by atoms with Crippen LogP contribution in [-0.4, -0.2) is 33.6 Å². The van der Waals surface area contributed by atoms with Gasteiger partial charge in [0.2, 0.25) is 0 Å². The molecule has 0 atom stereocenters. The Hall–Kier alpha value is -3.46. The van der Waals surface area contributed by atoms with Crippen LogP contribution in [-0.2, 0) is 11.3 Å². The number of rotatable bonds is 4. The Labute approximate surface area is 194 Å². The number of non-ortho nitro benzene ring substituents is 1. The maximum atomic E-state index is 15.0. The van der Waals surface area contributed by atoms with Crippen molar-refractivity contribution < 1.29 is 18.9 Å². The summed E-state index contributed by atoms with van der Waals surface area (Å²) in [5, 5.41) is 10.3. The van der Waals surface area contributed by atoms with E-state index < -0.39 is 21.9 Å². The van der Waals surface area contributed by atoms with Gasteiger partial charge in [-0.1, -0.05) is 18.2 Å². The van der Waals surface area contributed by atoms with Gasteiger partial charge in [0.25, 0.3) is 16.8 Å². The van der Waals surface area contributed by atoms with Crippen molar-refractivity contribution in [2.75, 3.05) is 11.9 Å². The minimum atomic E-state index is -0.522. The minimum absolute atomic E-state index is 0.0195. The van der Waals surface area contributed by atoms with E-state index in [-0.39, 0.29) is 28.2 Å². The van der Waals surface area contributed by atoms with Crippen LogP contribution in [0.4, 0.5) is 20.6 Å². The van der Waals surface area contributed by atoms with Gasteiger partial charge in [-0.25, -0.2) is 4.39 Å². The fourth-order valence-corrected chi connectivity index (χ4v) is 4.81. The summed E-state index contributed by atoms with van der Waals surface area (Å²) >= 11 is 0.750. The zero-order valence-electron chi connectivity index (χ0n) is 18.6. The number of benzene rings is 2. The second-order valence-corrected chi connectivity index (χ2v) is 9.62. The van der Waals surface area contributed by atoms with E-state index in [0.29, 0.717) is 5.56 Å². The third kappa shape index (κ3) is 4.16. The van der Waals surface area contributed by atoms with Crippen LogP contribution in [0.25, 0.3) is 11.6 Å². The molecular weight excluding hydrogens is 445 g/mol. The van der Waals surface area contributed by atoms with Gasteiger partial charge >= 0.3 is 0 Å². The number of nitrogens with zero attached hydrogens (tertiary/aromatic N) is 3. The van der Waals surface area contributed by atoms with Crippen LogP contribution in [0, 0.1) is 15.9 Å². The van der Waals surface area contributed by atoms with Gasteiger partial charge in [0.1, 0.15) is 5.82 Å². The lowest BCUT2D eigenvalue weighted by Crippen LogP contribution is -2.42. The van der Waals surface area contributed by atoms with Crippen molar-refractivity contribution in [2.24, 2.45) is 0 Å². The molecule has 1 fully saturated rings. The average Bonchev–Trinajstić information content (AvgIpc) is 3.00. The number of imide groups is 1. The first-order chi connectivity index (χ1) is 15.5. The van der Waals surface area contributed by atoms with Gasteiger partial charge in [-0.15, -0.1) is 0 Å². The second-order valence-electron chi connectivity index (χ2n) is 8.62. The summed E-state index contributed by atoms with van der Waals surface area (Å²) in [4.78, 5) is 38.8. The third-order valence-electron chi connectivity index (χ3n) is 5.98. The number of amides is 2. The molecule has 7 nitrogen and oxygen atoms in total. The molecule has 2 aromatic rings. The van der Waals surface area contributed by atoms with Crippen molar-refractivity contribution in [2.45, 2.75) is 32.9 Å². The first-order valence-corrected chi connectivity index (χ1v) is 11.1. The van der Waals surface area contributed by atoms with Gasteiger partial charge in [-0.05, 0) is 61.9 Å². The zero-order valence-corrected chi connectivity index (χ0v) is 19.4. The number of anilines is 1. The van der Waals surface area contributed by atoms with Crippen LogP contribution >= 0.6 is 11.8 Å². The summed E-state index contributed by atoms with van der Waals surface area (Å²) in [7, 11) is 1.91. The van der Waals surface area contributed by atoms with E-state index in [1.807, 2.05) is 32.7 Å². The number of hydrogen-bond donors (Lipinski definition) is 0. The molecule has 9 heteroatoms. The Morgan fingerprint density at radius 1 is 1.18 bits per heavy atom. The number of fused-ring (bicyclic) bond motifs is 1. The maximum Gasteiger partial charge on any atom is 0.293 e. The van der Waals surface area contributed by atoms with Gasteiger partial charge in [0.15, 0.2) is 0 Å². The molecule has 33 heavy (non-hydrogen) atoms. The van der Waals surface area contributed by atoms with Crippen molar-refractivity contribution in [3.05, 3.63) is 80.0 Å². The van der Waals surface area contributed by atoms with Crippen molar-refractivity contribution >= 4 is 45.9 Å². The summed E-state index contributed by atoms with van der Waals surface area (Å²) < 4.78 is 15.0. The van der Waals surface area contributed by atoms with Crippen LogP contribution < -0.4 is 4.90 Å². The molecule has 0 saturated carbocycles. The van der Waals surface area contributed by atoms with Crippen molar-refractivity contribution in [1.82, 2.24) is 4.90 Å². The van der Waals surface area contributed by atoms with Crippen LogP contribution in [0.2, 0.25) is 0 Å². The molecule has 2 aliphatic rings. The number of allylic oxidation sites excluding steroid dienone is 1. The number of likely N-dealkylation sites (N-methyl/N-ethyl adjacent to an activating group) is 1. The smallest absolute Gasteiger partial charge is 0.293 e. The highest BCUT2D eigenvalue weighted by Crippen LogP contribution is 2.40. The van der Waals surface area contributed by atoms with E-state index in [1.165, 1.54) is 36.4 Å². The molecule has 0 bridgehead atoms. The third-order valence-corrected chi connectivity index (χ3v) is 6.89. The summed E-state index contributed by atoms with van der Waals surface area (Å²) in [5.41, 5.74) is 3.12. The monoisotopic (exact) mass is 467 g/mol. The first-order valence-electron chi connectivity index (χ1n) is 10.2. The number of halogens is 1. The number of carbonyl (C=O) groups excluding carboxylic acids is 2. The van der Waals surface area contributed by atoms with Gasteiger partial charge in [-0.2, -0.15) is 0 Å². The Bertz CT molecular complexity index is 1250. The average molecular weight is 468 g/mol. The predicted octanol–water partition coefficient (Wildman–Crippen LogP) is 5.60. The minimum Gasteiger partial charge on any atom is -0.365 e. The molecule has 2 heterocycles. The molecule has 0 spiro atoms. The van der Waals surface area contributed by atoms with Crippen molar-refractivity contribution in [3.8, 4) is 0 Å². The Balaban J connectivity index is 1.61. The zero-order chi connectivity index (χ0) is 24.1. The fraction of sp³-hybridized carbons (Fsp3) is 0.250. The van der Waals surface area contributed by atoms with Crippen molar-refractivity contribution in [1.29, 1.82) is 0 Å². The number of carbonyl (C=O) groups is 2. The highest BCUT2D eigenvalue weighted by atomic mass is 32.2. The van der Waals surface area contributed by atoms with E-state index in [9.17, 15) is 24.1 Å². The lowest BCUT2D eigenvalue weighted by molar-refractivity contribution is -0.384. The van der Waals surface area contributed by atoms with Gasteiger partial charge in [0, 0.05) is 36.0 Å². The van der Waals surface area contributed by atoms with Gasteiger partial charge in [-0.3, -0.25) is 24.6 Å². The summed E-state index contributed by atoms with van der Waals surface area (Å²) in [6.07, 6.45) is 3.51. The molecule has 2 aromatic carbocycles. The van der Waals surface area contributed by atoms with Crippen LogP contribution in [0.3, 0.4) is 0 Å². The number of nitro groups is 1. The SMILES string of the molecule is CC1=CC(C)(C)N(C)c2cc(F)c(/C=C3/SC(=O)N(Cc4ccc([N+](=O)[O-])cc4)C3=O)cc21. The summed E-state index contributed by atoms with van der Waals surface area (Å²) in [6, 6.07) is 8.80. The Kier molecular flexibility index (Phi) is 5.61. The van der Waals surface area contributed by atoms with E-state index in [4.69, 9.17) is 0 Å². The highest BCUT2D eigenvalue weighted by molar-refractivity contribution is 8.18. The molecule has 4 rings (SSSR count). The second kappa shape index (κ2) is 8.15. The normalized spacial score (nSPS) is 18.6. The summed E-state index contributed by atoms with van der Waals surface area (Å²) in [6.45, 7) is 6.04. The van der Waals surface area contributed by atoms with Crippen LogP contribution in [0.15, 0.2) is 47.4 Å². The summed E-state index contributed by atoms with van der Waals surface area (Å²) in [5.74, 6) is -1.00. The predicted molar refractivity (Wildman–Crippen MR) is 127 cm³/mol. The topological polar surface area (TPSA) is 83.8 Å². The van der Waals surface area contributed by atoms with Gasteiger partial charge in [0.05, 0.1) is 21.9 Å². The molecule has 0 unspecified atom stereocenters. The maximum absolute atomic E-state index is 15.0. The van der Waals surface area contributed by atoms with E-state index in [1.54, 1.807) is 6.07 Å². The van der Waals surface area contributed by atoms with Crippen molar-refractivity contribution in [3.63, 3.8) is 0 Å². The molecule has 0 aliphatic carbocycles. The van der Waals surface area contributed by atoms with E-state index >= 15 is 0 Å². The quantitative estimate of drug-likeness (QED) is 0.331. The Morgan fingerprint density at radius 3 is 2.48 bits per heavy atom. The number of thioether (sulfide) groups is 1.